The van der Waals surface area contributed by atoms with Crippen molar-refractivity contribution in [2.45, 2.75) is 6.92 Å². The maximum atomic E-state index is 12.9. The average molecular weight is 405 g/mol. The summed E-state index contributed by atoms with van der Waals surface area (Å²) in [5.41, 5.74) is 2.21. The van der Waals surface area contributed by atoms with Crippen LogP contribution in [0.5, 0.6) is 5.75 Å². The van der Waals surface area contributed by atoms with Crippen LogP contribution >= 0.6 is 0 Å². The number of methoxy groups -OCH3 is 1. The molecule has 0 atom stereocenters. The molecule has 1 heterocycles. The van der Waals surface area contributed by atoms with Crippen molar-refractivity contribution in [1.82, 2.24) is 10.3 Å². The zero-order chi connectivity index (χ0) is 21.3. The Morgan fingerprint density at radius 2 is 1.73 bits per heavy atom. The van der Waals surface area contributed by atoms with Gasteiger partial charge in [0, 0.05) is 36.2 Å². The van der Waals surface area contributed by atoms with Gasteiger partial charge in [-0.2, -0.15) is 0 Å². The van der Waals surface area contributed by atoms with Crippen molar-refractivity contribution in [3.8, 4) is 5.75 Å². The van der Waals surface area contributed by atoms with Crippen molar-refractivity contribution in [2.24, 2.45) is 0 Å². The molecule has 0 bridgehead atoms. The van der Waals surface area contributed by atoms with Gasteiger partial charge in [-0.25, -0.2) is 9.78 Å². The van der Waals surface area contributed by atoms with E-state index in [-0.39, 0.29) is 11.9 Å². The van der Waals surface area contributed by atoms with E-state index < -0.39 is 0 Å². The summed E-state index contributed by atoms with van der Waals surface area (Å²) in [5, 5.41) is 11.3. The Hall–Kier alpha value is -4.07. The first-order valence-corrected chi connectivity index (χ1v) is 9.41. The lowest BCUT2D eigenvalue weighted by Crippen LogP contribution is -2.28. The number of pyridine rings is 1. The van der Waals surface area contributed by atoms with Gasteiger partial charge in [0.1, 0.15) is 11.6 Å². The van der Waals surface area contributed by atoms with E-state index in [2.05, 4.69) is 26.3 Å². The maximum Gasteiger partial charge on any atom is 0.320 e. The molecule has 0 aliphatic rings. The van der Waals surface area contributed by atoms with Crippen LogP contribution in [0, 0.1) is 0 Å². The Bertz CT molecular complexity index is 1020. The van der Waals surface area contributed by atoms with Crippen molar-refractivity contribution in [1.29, 1.82) is 0 Å². The van der Waals surface area contributed by atoms with Gasteiger partial charge in [-0.05, 0) is 31.2 Å². The monoisotopic (exact) mass is 405 g/mol. The summed E-state index contributed by atoms with van der Waals surface area (Å²) < 4.78 is 5.20. The van der Waals surface area contributed by atoms with Gasteiger partial charge in [-0.1, -0.05) is 24.3 Å². The van der Waals surface area contributed by atoms with Crippen LogP contribution < -0.4 is 26.0 Å². The molecule has 1 aromatic heterocycles. The smallest absolute Gasteiger partial charge is 0.320 e. The molecule has 3 rings (SSSR count). The number of nitrogens with zero attached hydrogens (tertiary/aromatic N) is 1. The molecule has 3 aromatic rings. The van der Waals surface area contributed by atoms with Crippen molar-refractivity contribution in [3.05, 3.63) is 72.4 Å². The van der Waals surface area contributed by atoms with Crippen LogP contribution in [0.15, 0.2) is 66.9 Å². The number of carbonyl (C=O) groups is 2. The quantitative estimate of drug-likeness (QED) is 0.471. The minimum atomic E-state index is -0.371. The third-order valence-electron chi connectivity index (χ3n) is 4.11. The number of benzene rings is 2. The fourth-order valence-electron chi connectivity index (χ4n) is 2.71. The Morgan fingerprint density at radius 3 is 2.47 bits per heavy atom. The van der Waals surface area contributed by atoms with Crippen LogP contribution in [0.4, 0.5) is 27.7 Å². The second kappa shape index (κ2) is 9.92. The van der Waals surface area contributed by atoms with E-state index in [1.54, 1.807) is 37.4 Å². The number of amides is 3. The molecule has 8 heteroatoms. The Labute approximate surface area is 174 Å². The number of carbonyl (C=O) groups excluding carboxylic acids is 2. The number of aromatic nitrogens is 1. The van der Waals surface area contributed by atoms with Gasteiger partial charge in [-0.3, -0.25) is 10.1 Å². The highest BCUT2D eigenvalue weighted by Crippen LogP contribution is 2.25. The van der Waals surface area contributed by atoms with Gasteiger partial charge < -0.3 is 20.7 Å². The second-order valence-electron chi connectivity index (χ2n) is 6.28. The summed E-state index contributed by atoms with van der Waals surface area (Å²) >= 11 is 0. The van der Waals surface area contributed by atoms with E-state index >= 15 is 0 Å². The van der Waals surface area contributed by atoms with Crippen LogP contribution in [0.3, 0.4) is 0 Å². The topological polar surface area (TPSA) is 104 Å². The highest BCUT2D eigenvalue weighted by Gasteiger charge is 2.15. The minimum Gasteiger partial charge on any atom is -0.497 e. The minimum absolute atomic E-state index is 0.317. The lowest BCUT2D eigenvalue weighted by Gasteiger charge is -2.14. The fraction of sp³-hybridized carbons (Fsp3) is 0.136. The molecule has 30 heavy (non-hydrogen) atoms. The van der Waals surface area contributed by atoms with Crippen molar-refractivity contribution < 1.29 is 14.3 Å². The number of ether oxygens (including phenoxy) is 1. The third-order valence-corrected chi connectivity index (χ3v) is 4.11. The third kappa shape index (κ3) is 5.48. The van der Waals surface area contributed by atoms with E-state index in [4.69, 9.17) is 4.74 Å². The van der Waals surface area contributed by atoms with Crippen LogP contribution in [0.2, 0.25) is 0 Å². The summed E-state index contributed by atoms with van der Waals surface area (Å²) in [6, 6.07) is 17.7. The van der Waals surface area contributed by atoms with E-state index in [0.29, 0.717) is 35.1 Å². The molecule has 0 saturated carbocycles. The number of hydrogen-bond acceptors (Lipinski definition) is 5. The largest absolute Gasteiger partial charge is 0.497 e. The van der Waals surface area contributed by atoms with Crippen molar-refractivity contribution >= 4 is 34.8 Å². The summed E-state index contributed by atoms with van der Waals surface area (Å²) in [6.45, 7) is 2.31. The van der Waals surface area contributed by atoms with E-state index in [1.807, 2.05) is 37.3 Å². The van der Waals surface area contributed by atoms with E-state index in [1.165, 1.54) is 6.20 Å². The molecule has 3 amide bonds. The summed E-state index contributed by atoms with van der Waals surface area (Å²) in [4.78, 5) is 29.0. The average Bonchev–Trinajstić information content (AvgIpc) is 2.75. The molecule has 0 unspecified atom stereocenters. The van der Waals surface area contributed by atoms with Crippen LogP contribution in [-0.2, 0) is 0 Å². The first-order chi connectivity index (χ1) is 14.6. The molecule has 2 aromatic carbocycles. The van der Waals surface area contributed by atoms with Crippen LogP contribution in [0.25, 0.3) is 0 Å². The first kappa shape index (κ1) is 20.7. The van der Waals surface area contributed by atoms with Crippen molar-refractivity contribution in [3.63, 3.8) is 0 Å². The SMILES string of the molecule is CCNC(=O)Nc1cc(Nc2ccccc2)c(C(=O)Nc2cccc(OC)c2)cn1. The molecule has 0 aliphatic carbocycles. The van der Waals surface area contributed by atoms with Crippen LogP contribution in [-0.4, -0.2) is 30.6 Å². The first-order valence-electron chi connectivity index (χ1n) is 9.41. The summed E-state index contributed by atoms with van der Waals surface area (Å²) in [5.74, 6) is 0.603. The van der Waals surface area contributed by atoms with Crippen LogP contribution in [0.1, 0.15) is 17.3 Å². The number of urea groups is 1. The summed E-state index contributed by atoms with van der Waals surface area (Å²) in [6.07, 6.45) is 1.42. The van der Waals surface area contributed by atoms with Gasteiger partial charge in [0.25, 0.3) is 5.91 Å². The van der Waals surface area contributed by atoms with Gasteiger partial charge in [0.2, 0.25) is 0 Å². The molecule has 0 aliphatic heterocycles. The van der Waals surface area contributed by atoms with Gasteiger partial charge in [0.15, 0.2) is 0 Å². The molecule has 8 nitrogen and oxygen atoms in total. The van der Waals surface area contributed by atoms with Gasteiger partial charge in [0.05, 0.1) is 18.4 Å². The predicted octanol–water partition coefficient (Wildman–Crippen LogP) is 4.23. The molecular weight excluding hydrogens is 382 g/mol. The number of nitrogens with one attached hydrogen (secondary N) is 4. The highest BCUT2D eigenvalue weighted by molar-refractivity contribution is 6.08. The lowest BCUT2D eigenvalue weighted by atomic mass is 10.2. The maximum absolute atomic E-state index is 12.9. The molecule has 0 fully saturated rings. The molecule has 0 spiro atoms. The molecule has 0 saturated heterocycles. The Morgan fingerprint density at radius 1 is 0.967 bits per heavy atom. The number of hydrogen-bond donors (Lipinski definition) is 4. The predicted molar refractivity (Wildman–Crippen MR) is 118 cm³/mol. The summed E-state index contributed by atoms with van der Waals surface area (Å²) in [7, 11) is 1.56. The lowest BCUT2D eigenvalue weighted by molar-refractivity contribution is 0.102. The zero-order valence-corrected chi connectivity index (χ0v) is 16.7. The Kier molecular flexibility index (Phi) is 6.83. The van der Waals surface area contributed by atoms with Gasteiger partial charge in [-0.15, -0.1) is 0 Å². The Balaban J connectivity index is 1.88. The van der Waals surface area contributed by atoms with E-state index in [9.17, 15) is 9.59 Å². The second-order valence-corrected chi connectivity index (χ2v) is 6.28. The molecule has 154 valence electrons. The zero-order valence-electron chi connectivity index (χ0n) is 16.7. The molecule has 0 radical (unpaired) electrons. The van der Waals surface area contributed by atoms with Gasteiger partial charge >= 0.3 is 6.03 Å². The number of rotatable bonds is 7. The standard InChI is InChI=1S/C22H23N5O3/c1-3-23-22(29)27-20-13-19(25-15-8-5-4-6-9-15)18(14-24-20)21(28)26-16-10-7-11-17(12-16)30-2/h4-14H,3H2,1-2H3,(H,26,28)(H3,23,24,25,27,29). The number of para-hydroxylation sites is 1. The number of anilines is 4. The highest BCUT2D eigenvalue weighted by atomic mass is 16.5. The molecule has 4 N–H and O–H groups in total. The fourth-order valence-corrected chi connectivity index (χ4v) is 2.71. The van der Waals surface area contributed by atoms with E-state index in [0.717, 1.165) is 5.69 Å². The molecular formula is C22H23N5O3. The normalized spacial score (nSPS) is 10.1. The van der Waals surface area contributed by atoms with Crippen molar-refractivity contribution in [2.75, 3.05) is 29.6 Å².